The van der Waals surface area contributed by atoms with Crippen molar-refractivity contribution >= 4 is 5.82 Å². The number of hydrogen-bond acceptors (Lipinski definition) is 8. The molecule has 0 saturated carbocycles. The lowest BCUT2D eigenvalue weighted by molar-refractivity contribution is -0.157. The fraction of sp³-hybridized carbons (Fsp3) is 0.360. The summed E-state index contributed by atoms with van der Waals surface area (Å²) >= 11 is 0. The first-order valence-corrected chi connectivity index (χ1v) is 12.0. The predicted molar refractivity (Wildman–Crippen MR) is 130 cm³/mol. The summed E-state index contributed by atoms with van der Waals surface area (Å²) in [6, 6.07) is 11.2. The van der Waals surface area contributed by atoms with Gasteiger partial charge in [0.25, 0.3) is 0 Å². The van der Waals surface area contributed by atoms with Crippen molar-refractivity contribution in [1.82, 2.24) is 29.5 Å². The van der Waals surface area contributed by atoms with E-state index in [1.54, 1.807) is 24.4 Å². The SMILES string of the molecule is CC(C)n1ncn(-c2ccc(-c3cnc(N4CCC(c5nnc(C(F)(F)F)o5)CC4)c(C#N)c3)cc2)c1=O. The molecular formula is C25H23F3N8O2. The van der Waals surface area contributed by atoms with Crippen molar-refractivity contribution < 1.29 is 17.6 Å². The molecule has 10 nitrogen and oxygen atoms in total. The zero-order chi connectivity index (χ0) is 27.0. The van der Waals surface area contributed by atoms with E-state index in [1.807, 2.05) is 30.9 Å². The minimum absolute atomic E-state index is 0.0250. The van der Waals surface area contributed by atoms with Crippen LogP contribution in [0.15, 0.2) is 52.1 Å². The number of nitriles is 1. The van der Waals surface area contributed by atoms with Crippen LogP contribution in [0.1, 0.15) is 56.0 Å². The molecule has 5 rings (SSSR count). The van der Waals surface area contributed by atoms with E-state index in [9.17, 15) is 23.2 Å². The highest BCUT2D eigenvalue weighted by atomic mass is 19.4. The van der Waals surface area contributed by atoms with Crippen LogP contribution in [0.4, 0.5) is 19.0 Å². The standard InChI is InChI=1S/C25H23F3N8O2/c1-15(2)36-24(37)35(14-31-36)20-5-3-16(4-6-20)19-11-18(12-29)21(30-13-19)34-9-7-17(8-10-34)22-32-33-23(38-22)25(26,27)28/h3-6,11,13-15,17H,7-10H2,1-2H3. The highest BCUT2D eigenvalue weighted by Crippen LogP contribution is 2.34. The molecule has 0 radical (unpaired) electrons. The third-order valence-corrected chi connectivity index (χ3v) is 6.48. The molecular weight excluding hydrogens is 501 g/mol. The van der Waals surface area contributed by atoms with Gasteiger partial charge in [-0.1, -0.05) is 12.1 Å². The van der Waals surface area contributed by atoms with Crippen LogP contribution in [-0.2, 0) is 6.18 Å². The van der Waals surface area contributed by atoms with Crippen LogP contribution in [0.5, 0.6) is 0 Å². The van der Waals surface area contributed by atoms with Crippen LogP contribution in [-0.4, -0.2) is 42.6 Å². The van der Waals surface area contributed by atoms with Gasteiger partial charge in [0.05, 0.1) is 17.3 Å². The van der Waals surface area contributed by atoms with Gasteiger partial charge in [0.1, 0.15) is 18.2 Å². The van der Waals surface area contributed by atoms with Crippen LogP contribution in [0, 0.1) is 11.3 Å². The minimum Gasteiger partial charge on any atom is -0.417 e. The normalized spacial score (nSPS) is 14.7. The molecule has 0 bridgehead atoms. The van der Waals surface area contributed by atoms with Crippen LogP contribution >= 0.6 is 0 Å². The lowest BCUT2D eigenvalue weighted by Crippen LogP contribution is -2.34. The number of hydrogen-bond donors (Lipinski definition) is 0. The van der Waals surface area contributed by atoms with Gasteiger partial charge in [-0.05, 0) is 50.5 Å². The van der Waals surface area contributed by atoms with Crippen LogP contribution in [0.2, 0.25) is 0 Å². The maximum absolute atomic E-state index is 12.8. The van der Waals surface area contributed by atoms with Crippen LogP contribution < -0.4 is 10.6 Å². The number of alkyl halides is 3. The molecule has 13 heteroatoms. The van der Waals surface area contributed by atoms with Gasteiger partial charge in [-0.15, -0.1) is 10.2 Å². The van der Waals surface area contributed by atoms with Gasteiger partial charge in [-0.2, -0.15) is 23.5 Å². The Balaban J connectivity index is 1.30. The van der Waals surface area contributed by atoms with E-state index >= 15 is 0 Å². The summed E-state index contributed by atoms with van der Waals surface area (Å²) in [6.45, 7) is 4.72. The van der Waals surface area contributed by atoms with E-state index in [0.717, 1.165) is 11.1 Å². The van der Waals surface area contributed by atoms with Gasteiger partial charge < -0.3 is 9.32 Å². The number of halogens is 3. The number of aromatic nitrogens is 6. The van der Waals surface area contributed by atoms with Crippen molar-refractivity contribution in [3.63, 3.8) is 0 Å². The summed E-state index contributed by atoms with van der Waals surface area (Å²) in [5, 5.41) is 20.6. The second-order valence-electron chi connectivity index (χ2n) is 9.28. The number of nitrogens with zero attached hydrogens (tertiary/aromatic N) is 8. The Labute approximate surface area is 215 Å². The van der Waals surface area contributed by atoms with Crippen molar-refractivity contribution in [3.05, 3.63) is 70.7 Å². The molecule has 3 aromatic heterocycles. The molecule has 1 saturated heterocycles. The minimum atomic E-state index is -4.67. The Bertz CT molecular complexity index is 1540. The van der Waals surface area contributed by atoms with E-state index in [0.29, 0.717) is 43.0 Å². The van der Waals surface area contributed by atoms with Crippen molar-refractivity contribution in [2.24, 2.45) is 0 Å². The second-order valence-corrected chi connectivity index (χ2v) is 9.28. The highest BCUT2D eigenvalue weighted by molar-refractivity contribution is 5.69. The molecule has 38 heavy (non-hydrogen) atoms. The molecule has 1 aliphatic heterocycles. The van der Waals surface area contributed by atoms with Gasteiger partial charge >= 0.3 is 17.8 Å². The van der Waals surface area contributed by atoms with Crippen LogP contribution in [0.3, 0.4) is 0 Å². The fourth-order valence-electron chi connectivity index (χ4n) is 4.46. The molecule has 0 N–H and O–H groups in total. The lowest BCUT2D eigenvalue weighted by atomic mass is 9.96. The number of piperidine rings is 1. The van der Waals surface area contributed by atoms with Crippen molar-refractivity contribution in [1.29, 1.82) is 5.26 Å². The van der Waals surface area contributed by atoms with E-state index in [-0.39, 0.29) is 23.5 Å². The van der Waals surface area contributed by atoms with Crippen molar-refractivity contribution in [2.45, 2.75) is 44.8 Å². The monoisotopic (exact) mass is 524 g/mol. The van der Waals surface area contributed by atoms with Crippen LogP contribution in [0.25, 0.3) is 16.8 Å². The average Bonchev–Trinajstić information content (AvgIpc) is 3.56. The Hall–Kier alpha value is -4.47. The number of pyridine rings is 1. The molecule has 0 aliphatic carbocycles. The van der Waals surface area contributed by atoms with Gasteiger partial charge in [-0.3, -0.25) is 0 Å². The maximum atomic E-state index is 12.8. The highest BCUT2D eigenvalue weighted by Gasteiger charge is 2.39. The first kappa shape index (κ1) is 25.2. The average molecular weight is 525 g/mol. The Morgan fingerprint density at radius 3 is 2.39 bits per heavy atom. The van der Waals surface area contributed by atoms with Gasteiger partial charge in [0, 0.05) is 30.8 Å². The Morgan fingerprint density at radius 2 is 1.82 bits per heavy atom. The zero-order valence-corrected chi connectivity index (χ0v) is 20.6. The molecule has 1 aromatic carbocycles. The van der Waals surface area contributed by atoms with Crippen molar-refractivity contribution in [3.8, 4) is 22.9 Å². The topological polar surface area (TPSA) is 119 Å². The maximum Gasteiger partial charge on any atom is 0.470 e. The Morgan fingerprint density at radius 1 is 1.11 bits per heavy atom. The largest absolute Gasteiger partial charge is 0.470 e. The summed E-state index contributed by atoms with van der Waals surface area (Å²) in [7, 11) is 0. The predicted octanol–water partition coefficient (Wildman–Crippen LogP) is 4.33. The number of benzene rings is 1. The lowest BCUT2D eigenvalue weighted by Gasteiger charge is -2.31. The summed E-state index contributed by atoms with van der Waals surface area (Å²) in [5.74, 6) is -1.15. The first-order chi connectivity index (χ1) is 18.2. The molecule has 0 unspecified atom stereocenters. The zero-order valence-electron chi connectivity index (χ0n) is 20.6. The van der Waals surface area contributed by atoms with E-state index < -0.39 is 12.1 Å². The third-order valence-electron chi connectivity index (χ3n) is 6.48. The number of rotatable bonds is 5. The summed E-state index contributed by atoms with van der Waals surface area (Å²) in [4.78, 5) is 19.0. The molecule has 4 aromatic rings. The van der Waals surface area contributed by atoms with Gasteiger partial charge in [-0.25, -0.2) is 19.0 Å². The molecule has 0 spiro atoms. The van der Waals surface area contributed by atoms with E-state index in [4.69, 9.17) is 4.42 Å². The summed E-state index contributed by atoms with van der Waals surface area (Å²) in [5.41, 5.74) is 2.39. The molecule has 0 atom stereocenters. The van der Waals surface area contributed by atoms with Gasteiger partial charge in [0.2, 0.25) is 5.89 Å². The number of anilines is 1. The molecule has 1 fully saturated rings. The van der Waals surface area contributed by atoms with E-state index in [2.05, 4.69) is 26.3 Å². The van der Waals surface area contributed by atoms with Gasteiger partial charge in [0.15, 0.2) is 0 Å². The fourth-order valence-corrected chi connectivity index (χ4v) is 4.46. The molecule has 196 valence electrons. The second kappa shape index (κ2) is 9.77. The van der Waals surface area contributed by atoms with E-state index in [1.165, 1.54) is 15.6 Å². The quantitative estimate of drug-likeness (QED) is 0.378. The summed E-state index contributed by atoms with van der Waals surface area (Å²) < 4.78 is 46.0. The first-order valence-electron chi connectivity index (χ1n) is 12.0. The molecule has 1 aliphatic rings. The summed E-state index contributed by atoms with van der Waals surface area (Å²) in [6.07, 6.45) is -0.537. The van der Waals surface area contributed by atoms with Crippen molar-refractivity contribution in [2.75, 3.05) is 18.0 Å². The third kappa shape index (κ3) is 4.77. The smallest absolute Gasteiger partial charge is 0.417 e. The molecule has 0 amide bonds. The Kier molecular flexibility index (Phi) is 6.48. The molecule has 4 heterocycles.